The number of nitrogens with zero attached hydrogens (tertiary/aromatic N) is 7. The van der Waals surface area contributed by atoms with Gasteiger partial charge in [0.25, 0.3) is 5.91 Å². The van der Waals surface area contributed by atoms with Crippen molar-refractivity contribution >= 4 is 11.6 Å². The lowest BCUT2D eigenvalue weighted by Crippen LogP contribution is -2.28. The average Bonchev–Trinajstić information content (AvgIpc) is 3.30. The predicted molar refractivity (Wildman–Crippen MR) is 121 cm³/mol. The van der Waals surface area contributed by atoms with Crippen LogP contribution in [0.1, 0.15) is 61.5 Å². The molecule has 1 aliphatic heterocycles. The van der Waals surface area contributed by atoms with E-state index >= 15 is 0 Å². The first-order valence-electron chi connectivity index (χ1n) is 10.5. The van der Waals surface area contributed by atoms with Crippen LogP contribution in [0.3, 0.4) is 0 Å². The highest BCUT2D eigenvalue weighted by atomic mass is 16.1. The fraction of sp³-hybridized carbons (Fsp3) is 0.304. The summed E-state index contributed by atoms with van der Waals surface area (Å²) in [6.45, 7) is 8.70. The molecule has 1 N–H and O–H groups in total. The Kier molecular flexibility index (Phi) is 6.07. The molecule has 0 saturated heterocycles. The average molecular weight is 431 g/mol. The SMILES string of the molecule is CC1=CN(c2cc(C(=O)N[C@@H](C)c3cnccn3)cc(-n3nnnc3C(C)C)c2)CC=C1. The van der Waals surface area contributed by atoms with Crippen LogP contribution in [-0.4, -0.2) is 42.6 Å². The van der Waals surface area contributed by atoms with Gasteiger partial charge < -0.3 is 10.2 Å². The Labute approximate surface area is 186 Å². The van der Waals surface area contributed by atoms with Crippen molar-refractivity contribution in [3.05, 3.63) is 77.8 Å². The number of anilines is 1. The Bertz CT molecular complexity index is 1170. The molecule has 9 nitrogen and oxygen atoms in total. The molecule has 32 heavy (non-hydrogen) atoms. The quantitative estimate of drug-likeness (QED) is 0.640. The Morgan fingerprint density at radius 3 is 2.66 bits per heavy atom. The number of rotatable bonds is 6. The number of allylic oxidation sites excluding steroid dienone is 2. The topological polar surface area (TPSA) is 102 Å². The zero-order valence-corrected chi connectivity index (χ0v) is 18.6. The van der Waals surface area contributed by atoms with Gasteiger partial charge >= 0.3 is 0 Å². The molecule has 1 aliphatic rings. The van der Waals surface area contributed by atoms with Gasteiger partial charge in [-0.2, -0.15) is 4.68 Å². The zero-order valence-electron chi connectivity index (χ0n) is 18.6. The van der Waals surface area contributed by atoms with Gasteiger partial charge in [0.1, 0.15) is 0 Å². The second kappa shape index (κ2) is 9.09. The van der Waals surface area contributed by atoms with Crippen LogP contribution in [0, 0.1) is 0 Å². The van der Waals surface area contributed by atoms with E-state index in [0.717, 1.165) is 22.8 Å². The maximum absolute atomic E-state index is 13.2. The third kappa shape index (κ3) is 4.56. The minimum absolute atomic E-state index is 0.127. The number of carbonyl (C=O) groups is 1. The molecule has 0 aliphatic carbocycles. The van der Waals surface area contributed by atoms with Gasteiger partial charge in [-0.1, -0.05) is 26.0 Å². The number of hydrogen-bond acceptors (Lipinski definition) is 7. The Morgan fingerprint density at radius 2 is 1.94 bits per heavy atom. The van der Waals surface area contributed by atoms with Gasteiger partial charge in [-0.25, -0.2) is 0 Å². The molecule has 0 fully saturated rings. The molecule has 9 heteroatoms. The highest BCUT2D eigenvalue weighted by molar-refractivity contribution is 5.96. The fourth-order valence-electron chi connectivity index (χ4n) is 3.51. The summed E-state index contributed by atoms with van der Waals surface area (Å²) in [6, 6.07) is 5.39. The Hall–Kier alpha value is -3.88. The molecule has 1 amide bonds. The van der Waals surface area contributed by atoms with Gasteiger partial charge in [-0.3, -0.25) is 14.8 Å². The van der Waals surface area contributed by atoms with Crippen molar-refractivity contribution < 1.29 is 4.79 Å². The van der Waals surface area contributed by atoms with Crippen molar-refractivity contribution in [3.8, 4) is 5.69 Å². The lowest BCUT2D eigenvalue weighted by molar-refractivity contribution is 0.0939. The summed E-state index contributed by atoms with van der Waals surface area (Å²) in [7, 11) is 0. The minimum Gasteiger partial charge on any atom is -0.344 e. The number of hydrogen-bond donors (Lipinski definition) is 1. The zero-order chi connectivity index (χ0) is 22.7. The molecule has 3 aromatic rings. The van der Waals surface area contributed by atoms with Gasteiger partial charge in [0.2, 0.25) is 0 Å². The highest BCUT2D eigenvalue weighted by Gasteiger charge is 2.19. The maximum atomic E-state index is 13.2. The van der Waals surface area contributed by atoms with Crippen LogP contribution in [-0.2, 0) is 0 Å². The second-order valence-electron chi connectivity index (χ2n) is 8.09. The summed E-state index contributed by atoms with van der Waals surface area (Å²) in [5.74, 6) is 0.646. The van der Waals surface area contributed by atoms with Crippen LogP contribution in [0.5, 0.6) is 0 Å². The molecule has 0 bridgehead atoms. The summed E-state index contributed by atoms with van der Waals surface area (Å²) < 4.78 is 1.69. The summed E-state index contributed by atoms with van der Waals surface area (Å²) in [6.07, 6.45) is 11.1. The van der Waals surface area contributed by atoms with E-state index in [2.05, 4.69) is 54.1 Å². The number of aromatic nitrogens is 6. The number of tetrazole rings is 1. The molecule has 0 unspecified atom stereocenters. The van der Waals surface area contributed by atoms with Gasteiger partial charge in [-0.05, 0) is 48.0 Å². The first-order valence-corrected chi connectivity index (χ1v) is 10.5. The molecule has 0 saturated carbocycles. The van der Waals surface area contributed by atoms with Gasteiger partial charge in [0.15, 0.2) is 5.82 Å². The highest BCUT2D eigenvalue weighted by Crippen LogP contribution is 2.26. The first-order chi connectivity index (χ1) is 15.4. The largest absolute Gasteiger partial charge is 0.344 e. The molecular weight excluding hydrogens is 404 g/mol. The third-order valence-corrected chi connectivity index (χ3v) is 5.17. The molecule has 1 atom stereocenters. The molecule has 0 radical (unpaired) electrons. The van der Waals surface area contributed by atoms with Crippen LogP contribution < -0.4 is 10.2 Å². The smallest absolute Gasteiger partial charge is 0.251 e. The summed E-state index contributed by atoms with van der Waals surface area (Å²) in [5, 5.41) is 15.2. The Balaban J connectivity index is 1.72. The number of carbonyl (C=O) groups excluding carboxylic acids is 1. The van der Waals surface area contributed by atoms with Crippen molar-refractivity contribution in [3.63, 3.8) is 0 Å². The van der Waals surface area contributed by atoms with E-state index in [0.29, 0.717) is 17.8 Å². The molecule has 1 aromatic carbocycles. The summed E-state index contributed by atoms with van der Waals surface area (Å²) in [5.41, 5.74) is 3.95. The molecule has 2 aromatic heterocycles. The maximum Gasteiger partial charge on any atom is 0.251 e. The van der Waals surface area contributed by atoms with Crippen molar-refractivity contribution in [1.29, 1.82) is 0 Å². The Morgan fingerprint density at radius 1 is 1.12 bits per heavy atom. The van der Waals surface area contributed by atoms with Gasteiger partial charge in [0.05, 0.1) is 23.6 Å². The van der Waals surface area contributed by atoms with E-state index in [1.54, 1.807) is 29.3 Å². The van der Waals surface area contributed by atoms with Crippen LogP contribution in [0.15, 0.2) is 60.7 Å². The van der Waals surface area contributed by atoms with E-state index in [1.807, 2.05) is 39.8 Å². The number of nitrogens with one attached hydrogen (secondary N) is 1. The normalized spacial score (nSPS) is 14.4. The monoisotopic (exact) mass is 430 g/mol. The van der Waals surface area contributed by atoms with E-state index in [9.17, 15) is 4.79 Å². The van der Waals surface area contributed by atoms with Gasteiger partial charge in [0, 0.05) is 42.3 Å². The van der Waals surface area contributed by atoms with Crippen LogP contribution in [0.2, 0.25) is 0 Å². The van der Waals surface area contributed by atoms with E-state index in [-0.39, 0.29) is 17.9 Å². The molecule has 4 rings (SSSR count). The van der Waals surface area contributed by atoms with Crippen LogP contribution in [0.4, 0.5) is 5.69 Å². The van der Waals surface area contributed by atoms with Crippen molar-refractivity contribution in [1.82, 2.24) is 35.5 Å². The molecule has 3 heterocycles. The lowest BCUT2D eigenvalue weighted by Gasteiger charge is -2.24. The van der Waals surface area contributed by atoms with Crippen LogP contribution >= 0.6 is 0 Å². The van der Waals surface area contributed by atoms with E-state index < -0.39 is 0 Å². The van der Waals surface area contributed by atoms with E-state index in [4.69, 9.17) is 0 Å². The standard InChI is InChI=1S/C23H26N8O/c1-15(2)22-27-28-29-31(22)20-11-18(10-19(12-20)30-9-5-6-16(3)14-30)23(32)26-17(4)21-13-24-7-8-25-21/h5-8,10-15,17H,9H2,1-4H3,(H,26,32)/t17-/m0/s1. The summed E-state index contributed by atoms with van der Waals surface area (Å²) in [4.78, 5) is 23.7. The molecule has 0 spiro atoms. The second-order valence-corrected chi connectivity index (χ2v) is 8.09. The van der Waals surface area contributed by atoms with Crippen LogP contribution in [0.25, 0.3) is 5.69 Å². The van der Waals surface area contributed by atoms with Crippen molar-refractivity contribution in [2.45, 2.75) is 39.7 Å². The van der Waals surface area contributed by atoms with Crippen molar-refractivity contribution in [2.24, 2.45) is 0 Å². The van der Waals surface area contributed by atoms with Crippen molar-refractivity contribution in [2.75, 3.05) is 11.4 Å². The fourth-order valence-corrected chi connectivity index (χ4v) is 3.51. The van der Waals surface area contributed by atoms with Gasteiger partial charge in [-0.15, -0.1) is 5.10 Å². The molecule has 164 valence electrons. The minimum atomic E-state index is -0.289. The summed E-state index contributed by atoms with van der Waals surface area (Å²) >= 11 is 0. The van der Waals surface area contributed by atoms with E-state index in [1.165, 1.54) is 0 Å². The predicted octanol–water partition coefficient (Wildman–Crippen LogP) is 3.35. The third-order valence-electron chi connectivity index (χ3n) is 5.17. The number of benzene rings is 1. The first kappa shape index (κ1) is 21.4. The lowest BCUT2D eigenvalue weighted by atomic mass is 10.1. The molecular formula is C23H26N8O. The number of amides is 1.